The summed E-state index contributed by atoms with van der Waals surface area (Å²) in [4.78, 5) is 2.57. The molecule has 0 radical (unpaired) electrons. The second kappa shape index (κ2) is 7.53. The summed E-state index contributed by atoms with van der Waals surface area (Å²) < 4.78 is 25.1. The Hall–Kier alpha value is -0.970. The summed E-state index contributed by atoms with van der Waals surface area (Å²) in [5.74, 6) is 0.263. The Labute approximate surface area is 132 Å². The molecular weight excluding hydrogens is 281 g/mol. The summed E-state index contributed by atoms with van der Waals surface area (Å²) >= 11 is 0. The number of ether oxygens (including phenoxy) is 2. The van der Waals surface area contributed by atoms with E-state index in [0.29, 0.717) is 12.0 Å². The van der Waals surface area contributed by atoms with Crippen LogP contribution in [0.1, 0.15) is 24.8 Å². The van der Waals surface area contributed by atoms with Crippen LogP contribution in [0.2, 0.25) is 0 Å². The molecule has 0 amide bonds. The van der Waals surface area contributed by atoms with Gasteiger partial charge in [-0.15, -0.1) is 0 Å². The largest absolute Gasteiger partial charge is 0.381 e. The maximum absolute atomic E-state index is 14.0. The third kappa shape index (κ3) is 3.67. The van der Waals surface area contributed by atoms with Crippen molar-refractivity contribution in [3.63, 3.8) is 0 Å². The Morgan fingerprint density at radius 2 is 2.00 bits per heavy atom. The van der Waals surface area contributed by atoms with E-state index in [2.05, 4.69) is 4.90 Å². The first-order valence-corrected chi connectivity index (χ1v) is 8.36. The summed E-state index contributed by atoms with van der Waals surface area (Å²) in [5.41, 5.74) is 0.809. The van der Waals surface area contributed by atoms with Crippen molar-refractivity contribution in [1.29, 1.82) is 0 Å². The number of likely N-dealkylation sites (tertiary alicyclic amines) is 1. The average molecular weight is 307 g/mol. The molecule has 0 aromatic heterocycles. The minimum Gasteiger partial charge on any atom is -0.381 e. The first-order chi connectivity index (χ1) is 10.8. The van der Waals surface area contributed by atoms with Gasteiger partial charge in [0.15, 0.2) is 0 Å². The normalized spacial score (nSPS) is 27.9. The van der Waals surface area contributed by atoms with Gasteiger partial charge in [0.25, 0.3) is 0 Å². The smallest absolute Gasteiger partial charge is 0.126 e. The fourth-order valence-corrected chi connectivity index (χ4v) is 3.87. The summed E-state index contributed by atoms with van der Waals surface area (Å²) in [6, 6.07) is 7.74. The summed E-state index contributed by atoms with van der Waals surface area (Å²) in [6.45, 7) is 3.81. The lowest BCUT2D eigenvalue weighted by atomic mass is 9.87. The van der Waals surface area contributed by atoms with Crippen molar-refractivity contribution in [2.24, 2.45) is 5.92 Å². The number of nitrogens with zero attached hydrogens (tertiary/aromatic N) is 1. The Kier molecular flexibility index (Phi) is 5.45. The van der Waals surface area contributed by atoms with Crippen molar-refractivity contribution in [2.45, 2.75) is 37.8 Å². The minimum absolute atomic E-state index is 0.0967. The number of piperidine rings is 1. The molecule has 0 aliphatic carbocycles. The van der Waals surface area contributed by atoms with E-state index < -0.39 is 0 Å². The second-order valence-electron chi connectivity index (χ2n) is 6.46. The molecule has 1 aromatic carbocycles. The Balaban J connectivity index is 1.67. The zero-order valence-corrected chi connectivity index (χ0v) is 13.3. The van der Waals surface area contributed by atoms with Crippen molar-refractivity contribution in [3.8, 4) is 0 Å². The molecule has 3 rings (SSSR count). The van der Waals surface area contributed by atoms with Gasteiger partial charge in [0.1, 0.15) is 5.82 Å². The Morgan fingerprint density at radius 1 is 1.23 bits per heavy atom. The molecule has 0 bridgehead atoms. The maximum atomic E-state index is 14.0. The number of hydrogen-bond acceptors (Lipinski definition) is 3. The minimum atomic E-state index is -0.0967. The van der Waals surface area contributed by atoms with Crippen molar-refractivity contribution in [2.75, 3.05) is 33.4 Å². The van der Waals surface area contributed by atoms with E-state index in [9.17, 15) is 4.39 Å². The van der Waals surface area contributed by atoms with Gasteiger partial charge in [-0.25, -0.2) is 4.39 Å². The number of methoxy groups -OCH3 is 1. The first-order valence-electron chi connectivity index (χ1n) is 8.36. The number of halogens is 1. The van der Waals surface area contributed by atoms with E-state index in [1.807, 2.05) is 12.1 Å². The molecule has 1 aromatic rings. The van der Waals surface area contributed by atoms with Gasteiger partial charge in [0, 0.05) is 45.4 Å². The molecule has 0 spiro atoms. The number of hydrogen-bond donors (Lipinski definition) is 0. The zero-order valence-electron chi connectivity index (χ0n) is 13.3. The molecule has 0 N–H and O–H groups in total. The summed E-state index contributed by atoms with van der Waals surface area (Å²) in [6.07, 6.45) is 4.25. The SMILES string of the molecule is CO[C@H]1CCN(C2CCOCC2)C[C@H]1Cc1ccccc1F. The molecule has 2 heterocycles. The van der Waals surface area contributed by atoms with Crippen LogP contribution in [0.25, 0.3) is 0 Å². The van der Waals surface area contributed by atoms with Crippen LogP contribution >= 0.6 is 0 Å². The van der Waals surface area contributed by atoms with Crippen LogP contribution in [-0.4, -0.2) is 50.5 Å². The van der Waals surface area contributed by atoms with E-state index in [-0.39, 0.29) is 11.9 Å². The van der Waals surface area contributed by atoms with Gasteiger partial charge in [0.05, 0.1) is 6.10 Å². The Morgan fingerprint density at radius 3 is 2.73 bits per heavy atom. The monoisotopic (exact) mass is 307 g/mol. The van der Waals surface area contributed by atoms with Crippen molar-refractivity contribution in [3.05, 3.63) is 35.6 Å². The van der Waals surface area contributed by atoms with Crippen molar-refractivity contribution < 1.29 is 13.9 Å². The van der Waals surface area contributed by atoms with Crippen LogP contribution in [-0.2, 0) is 15.9 Å². The van der Waals surface area contributed by atoms with E-state index in [1.54, 1.807) is 19.2 Å². The highest BCUT2D eigenvalue weighted by atomic mass is 19.1. The molecule has 3 nitrogen and oxygen atoms in total. The molecule has 2 fully saturated rings. The van der Waals surface area contributed by atoms with E-state index in [1.165, 1.54) is 0 Å². The van der Waals surface area contributed by atoms with Crippen LogP contribution in [0.5, 0.6) is 0 Å². The molecule has 2 saturated heterocycles. The van der Waals surface area contributed by atoms with Crippen LogP contribution in [0.4, 0.5) is 4.39 Å². The average Bonchev–Trinajstić information content (AvgIpc) is 2.58. The maximum Gasteiger partial charge on any atom is 0.126 e. The van der Waals surface area contributed by atoms with Gasteiger partial charge in [-0.2, -0.15) is 0 Å². The van der Waals surface area contributed by atoms with Crippen LogP contribution in [0.15, 0.2) is 24.3 Å². The van der Waals surface area contributed by atoms with Gasteiger partial charge < -0.3 is 9.47 Å². The molecule has 2 aliphatic rings. The fourth-order valence-electron chi connectivity index (χ4n) is 3.87. The highest BCUT2D eigenvalue weighted by molar-refractivity contribution is 5.18. The molecular formula is C18H26FNO2. The van der Waals surface area contributed by atoms with E-state index >= 15 is 0 Å². The quantitative estimate of drug-likeness (QED) is 0.854. The van der Waals surface area contributed by atoms with Gasteiger partial charge in [0.2, 0.25) is 0 Å². The fraction of sp³-hybridized carbons (Fsp3) is 0.667. The van der Waals surface area contributed by atoms with Gasteiger partial charge in [-0.1, -0.05) is 18.2 Å². The molecule has 0 unspecified atom stereocenters. The Bertz CT molecular complexity index is 476. The van der Waals surface area contributed by atoms with Crippen molar-refractivity contribution in [1.82, 2.24) is 4.90 Å². The topological polar surface area (TPSA) is 21.7 Å². The lowest BCUT2D eigenvalue weighted by molar-refractivity contribution is -0.0387. The molecule has 122 valence electrons. The van der Waals surface area contributed by atoms with Crippen molar-refractivity contribution >= 4 is 0 Å². The lowest BCUT2D eigenvalue weighted by Crippen LogP contribution is -2.50. The first kappa shape index (κ1) is 15.9. The third-order valence-corrected chi connectivity index (χ3v) is 5.15. The highest BCUT2D eigenvalue weighted by Crippen LogP contribution is 2.28. The van der Waals surface area contributed by atoms with Crippen LogP contribution in [0, 0.1) is 11.7 Å². The number of rotatable bonds is 4. The predicted molar refractivity (Wildman–Crippen MR) is 84.4 cm³/mol. The van der Waals surface area contributed by atoms with E-state index in [0.717, 1.165) is 57.6 Å². The van der Waals surface area contributed by atoms with Gasteiger partial charge in [-0.05, 0) is 37.3 Å². The summed E-state index contributed by atoms with van der Waals surface area (Å²) in [5, 5.41) is 0. The third-order valence-electron chi connectivity index (χ3n) is 5.15. The summed E-state index contributed by atoms with van der Waals surface area (Å²) in [7, 11) is 1.78. The predicted octanol–water partition coefficient (Wildman–Crippen LogP) is 2.88. The van der Waals surface area contributed by atoms with Crippen LogP contribution in [0.3, 0.4) is 0 Å². The zero-order chi connectivity index (χ0) is 15.4. The highest BCUT2D eigenvalue weighted by Gasteiger charge is 2.33. The molecule has 4 heteroatoms. The molecule has 0 saturated carbocycles. The number of benzene rings is 1. The van der Waals surface area contributed by atoms with Crippen LogP contribution < -0.4 is 0 Å². The molecule has 22 heavy (non-hydrogen) atoms. The standard InChI is InChI=1S/C18H26FNO2/c1-21-18-6-9-20(16-7-10-22-11-8-16)13-15(18)12-14-4-2-3-5-17(14)19/h2-5,15-16,18H,6-13H2,1H3/t15-,18+/m1/s1. The van der Waals surface area contributed by atoms with Gasteiger partial charge in [-0.3, -0.25) is 4.90 Å². The lowest BCUT2D eigenvalue weighted by Gasteiger charge is -2.43. The second-order valence-corrected chi connectivity index (χ2v) is 6.46. The molecule has 2 atom stereocenters. The van der Waals surface area contributed by atoms with Gasteiger partial charge >= 0.3 is 0 Å². The van der Waals surface area contributed by atoms with E-state index in [4.69, 9.17) is 9.47 Å². The molecule has 2 aliphatic heterocycles.